The molecule has 0 radical (unpaired) electrons. The van der Waals surface area contributed by atoms with Gasteiger partial charge in [-0.3, -0.25) is 0 Å². The molecule has 1 N–H and O–H groups in total. The summed E-state index contributed by atoms with van der Waals surface area (Å²) >= 11 is 1.73. The summed E-state index contributed by atoms with van der Waals surface area (Å²) in [5.41, 5.74) is 2.41. The van der Waals surface area contributed by atoms with Crippen molar-refractivity contribution in [3.63, 3.8) is 0 Å². The molecule has 6 nitrogen and oxygen atoms in total. The number of hydrogen-bond donors (Lipinski definition) is 1. The fraction of sp³-hybridized carbons (Fsp3) is 0.522. The van der Waals surface area contributed by atoms with Crippen LogP contribution < -0.4 is 10.1 Å². The molecule has 0 aliphatic carbocycles. The molecule has 0 unspecified atom stereocenters. The Labute approximate surface area is 182 Å². The first-order chi connectivity index (χ1) is 14.8. The second kappa shape index (κ2) is 10.8. The maximum atomic E-state index is 12.1. The molecule has 2 aliphatic heterocycles. The average molecular weight is 430 g/mol. The van der Waals surface area contributed by atoms with Gasteiger partial charge in [0, 0.05) is 24.5 Å². The Morgan fingerprint density at radius 2 is 1.97 bits per heavy atom. The van der Waals surface area contributed by atoms with E-state index < -0.39 is 0 Å². The van der Waals surface area contributed by atoms with Gasteiger partial charge in [0.1, 0.15) is 0 Å². The SMILES string of the molecule is O=C(NCCc1ccccc1)ON1CCc2sc(OCCCN3CCCC3)cc2C1. The molecule has 7 heteroatoms. The molecule has 1 fully saturated rings. The predicted molar refractivity (Wildman–Crippen MR) is 119 cm³/mol. The number of likely N-dealkylation sites (tertiary alicyclic amines) is 1. The number of hydrogen-bond acceptors (Lipinski definition) is 6. The lowest BCUT2D eigenvalue weighted by Crippen LogP contribution is -2.37. The topological polar surface area (TPSA) is 54.0 Å². The van der Waals surface area contributed by atoms with Gasteiger partial charge in [0.05, 0.1) is 13.2 Å². The van der Waals surface area contributed by atoms with E-state index in [1.807, 2.05) is 18.2 Å². The summed E-state index contributed by atoms with van der Waals surface area (Å²) in [7, 11) is 0. The highest BCUT2D eigenvalue weighted by Gasteiger charge is 2.22. The summed E-state index contributed by atoms with van der Waals surface area (Å²) in [5.74, 6) is 0. The molecule has 1 aromatic heterocycles. The quantitative estimate of drug-likeness (QED) is 0.614. The Morgan fingerprint density at radius 1 is 1.13 bits per heavy atom. The third-order valence-electron chi connectivity index (χ3n) is 5.61. The Balaban J connectivity index is 1.15. The number of benzene rings is 1. The minimum absolute atomic E-state index is 0.386. The van der Waals surface area contributed by atoms with Crippen LogP contribution >= 0.6 is 11.3 Å². The van der Waals surface area contributed by atoms with E-state index in [0.717, 1.165) is 37.5 Å². The van der Waals surface area contributed by atoms with E-state index in [0.29, 0.717) is 19.6 Å². The summed E-state index contributed by atoms with van der Waals surface area (Å²) < 4.78 is 5.98. The van der Waals surface area contributed by atoms with Crippen LogP contribution in [0.15, 0.2) is 36.4 Å². The molecular formula is C23H31N3O3S. The lowest BCUT2D eigenvalue weighted by Gasteiger charge is -2.25. The van der Waals surface area contributed by atoms with E-state index in [1.165, 1.54) is 41.9 Å². The first-order valence-electron chi connectivity index (χ1n) is 11.0. The summed E-state index contributed by atoms with van der Waals surface area (Å²) in [4.78, 5) is 21.5. The summed E-state index contributed by atoms with van der Waals surface area (Å²) in [5, 5.41) is 5.56. The van der Waals surface area contributed by atoms with Crippen molar-refractivity contribution in [1.29, 1.82) is 0 Å². The molecule has 0 saturated carbocycles. The Hall–Kier alpha value is -2.09. The summed E-state index contributed by atoms with van der Waals surface area (Å²) in [6.45, 7) is 6.27. The van der Waals surface area contributed by atoms with E-state index in [9.17, 15) is 4.79 Å². The fourth-order valence-corrected chi connectivity index (χ4v) is 5.03. The molecule has 0 bridgehead atoms. The van der Waals surface area contributed by atoms with Gasteiger partial charge in [-0.15, -0.1) is 16.4 Å². The number of rotatable bonds is 9. The Bertz CT molecular complexity index is 805. The molecule has 2 aliphatic rings. The number of carbonyl (C=O) groups is 1. The van der Waals surface area contributed by atoms with Crippen LogP contribution in [0.1, 0.15) is 35.3 Å². The largest absolute Gasteiger partial charge is 0.484 e. The molecule has 1 aromatic carbocycles. The van der Waals surface area contributed by atoms with E-state index in [-0.39, 0.29) is 6.09 Å². The third-order valence-corrected chi connectivity index (χ3v) is 6.76. The number of fused-ring (bicyclic) bond motifs is 1. The normalized spacial score (nSPS) is 16.9. The van der Waals surface area contributed by atoms with Crippen LogP contribution in [0.2, 0.25) is 0 Å². The molecule has 1 saturated heterocycles. The highest BCUT2D eigenvalue weighted by atomic mass is 32.1. The monoisotopic (exact) mass is 429 g/mol. The van der Waals surface area contributed by atoms with E-state index in [4.69, 9.17) is 9.57 Å². The van der Waals surface area contributed by atoms with Gasteiger partial charge in [0.2, 0.25) is 0 Å². The second-order valence-electron chi connectivity index (χ2n) is 7.92. The molecule has 0 spiro atoms. The zero-order chi connectivity index (χ0) is 20.6. The van der Waals surface area contributed by atoms with Crippen LogP contribution in [-0.2, 0) is 24.2 Å². The van der Waals surface area contributed by atoms with Crippen LogP contribution in [0.3, 0.4) is 0 Å². The maximum absolute atomic E-state index is 12.1. The molecule has 4 rings (SSSR count). The van der Waals surface area contributed by atoms with Crippen LogP contribution in [0, 0.1) is 0 Å². The lowest BCUT2D eigenvalue weighted by molar-refractivity contribution is -0.110. The van der Waals surface area contributed by atoms with Crippen molar-refractivity contribution in [2.75, 3.05) is 39.3 Å². The van der Waals surface area contributed by atoms with Crippen molar-refractivity contribution >= 4 is 17.4 Å². The highest BCUT2D eigenvalue weighted by molar-refractivity contribution is 7.14. The van der Waals surface area contributed by atoms with Crippen LogP contribution in [0.4, 0.5) is 4.79 Å². The number of nitrogens with zero attached hydrogens (tertiary/aromatic N) is 2. The maximum Gasteiger partial charge on any atom is 0.426 e. The molecule has 0 atom stereocenters. The standard InChI is InChI=1S/C23H31N3O3S/c27-23(24-11-9-19-7-2-1-3-8-19)29-26-15-10-21-20(18-26)17-22(30-21)28-16-6-14-25-12-4-5-13-25/h1-3,7-8,17H,4-6,9-16,18H2,(H,24,27). The number of hydroxylamine groups is 2. The summed E-state index contributed by atoms with van der Waals surface area (Å²) in [6, 6.07) is 12.2. The molecule has 3 heterocycles. The van der Waals surface area contributed by atoms with Crippen LogP contribution in [-0.4, -0.2) is 55.4 Å². The van der Waals surface area contributed by atoms with Gasteiger partial charge in [-0.1, -0.05) is 30.3 Å². The van der Waals surface area contributed by atoms with Gasteiger partial charge in [-0.2, -0.15) is 0 Å². The minimum atomic E-state index is -0.386. The van der Waals surface area contributed by atoms with Gasteiger partial charge in [0.15, 0.2) is 5.06 Å². The number of carbonyl (C=O) groups excluding carboxylic acids is 1. The second-order valence-corrected chi connectivity index (χ2v) is 9.02. The first kappa shape index (κ1) is 21.2. The zero-order valence-corrected chi connectivity index (χ0v) is 18.3. The van der Waals surface area contributed by atoms with Crippen molar-refractivity contribution < 1.29 is 14.4 Å². The van der Waals surface area contributed by atoms with Crippen LogP contribution in [0.25, 0.3) is 0 Å². The molecule has 30 heavy (non-hydrogen) atoms. The highest BCUT2D eigenvalue weighted by Crippen LogP contribution is 2.33. The third kappa shape index (κ3) is 6.20. The van der Waals surface area contributed by atoms with Crippen molar-refractivity contribution in [3.05, 3.63) is 52.4 Å². The van der Waals surface area contributed by atoms with Gasteiger partial charge in [0.25, 0.3) is 0 Å². The Morgan fingerprint density at radius 3 is 2.80 bits per heavy atom. The van der Waals surface area contributed by atoms with Crippen molar-refractivity contribution in [3.8, 4) is 5.06 Å². The van der Waals surface area contributed by atoms with Crippen LogP contribution in [0.5, 0.6) is 5.06 Å². The zero-order valence-electron chi connectivity index (χ0n) is 17.5. The molecule has 1 amide bonds. The summed E-state index contributed by atoms with van der Waals surface area (Å²) in [6.07, 6.45) is 5.03. The van der Waals surface area contributed by atoms with E-state index in [1.54, 1.807) is 16.4 Å². The Kier molecular flexibility index (Phi) is 7.61. The molecular weight excluding hydrogens is 398 g/mol. The van der Waals surface area contributed by atoms with Gasteiger partial charge < -0.3 is 19.8 Å². The lowest BCUT2D eigenvalue weighted by atomic mass is 10.1. The van der Waals surface area contributed by atoms with Gasteiger partial charge >= 0.3 is 6.09 Å². The predicted octanol–water partition coefficient (Wildman–Crippen LogP) is 3.85. The van der Waals surface area contributed by atoms with Crippen molar-refractivity contribution in [2.24, 2.45) is 0 Å². The van der Waals surface area contributed by atoms with Gasteiger partial charge in [-0.05, 0) is 62.4 Å². The minimum Gasteiger partial charge on any atom is -0.484 e. The number of amides is 1. The van der Waals surface area contributed by atoms with Gasteiger partial charge in [-0.25, -0.2) is 4.79 Å². The molecule has 2 aromatic rings. The number of nitrogens with one attached hydrogen (secondary N) is 1. The molecule has 162 valence electrons. The van der Waals surface area contributed by atoms with Crippen molar-refractivity contribution in [2.45, 2.75) is 38.6 Å². The van der Waals surface area contributed by atoms with E-state index in [2.05, 4.69) is 28.4 Å². The number of thiophene rings is 1. The smallest absolute Gasteiger partial charge is 0.426 e. The fourth-order valence-electron chi connectivity index (χ4n) is 4.00. The first-order valence-corrected chi connectivity index (χ1v) is 11.8. The average Bonchev–Trinajstić information content (AvgIpc) is 3.41. The number of ether oxygens (including phenoxy) is 1. The van der Waals surface area contributed by atoms with Crippen molar-refractivity contribution in [1.82, 2.24) is 15.3 Å². The van der Waals surface area contributed by atoms with E-state index >= 15 is 0 Å².